The van der Waals surface area contributed by atoms with Crippen molar-refractivity contribution in [3.05, 3.63) is 52.8 Å². The van der Waals surface area contributed by atoms with Crippen LogP contribution in [0.5, 0.6) is 5.75 Å². The smallest absolute Gasteiger partial charge is 0.488 e. The van der Waals surface area contributed by atoms with Crippen LogP contribution < -0.4 is 16.1 Å². The highest BCUT2D eigenvalue weighted by atomic mass is 19.1. The Hall–Kier alpha value is -2.62. The van der Waals surface area contributed by atoms with Crippen molar-refractivity contribution in [2.24, 2.45) is 0 Å². The molecule has 0 radical (unpaired) electrons. The quantitative estimate of drug-likeness (QED) is 0.363. The van der Waals surface area contributed by atoms with E-state index in [9.17, 15) is 24.3 Å². The zero-order valence-corrected chi connectivity index (χ0v) is 16.0. The van der Waals surface area contributed by atoms with Crippen molar-refractivity contribution in [1.82, 2.24) is 5.32 Å². The summed E-state index contributed by atoms with van der Waals surface area (Å²) >= 11 is 0. The Morgan fingerprint density at radius 2 is 2.00 bits per heavy atom. The fourth-order valence-electron chi connectivity index (χ4n) is 2.91. The van der Waals surface area contributed by atoms with Gasteiger partial charge in [-0.3, -0.25) is 5.32 Å². The lowest BCUT2D eigenvalue weighted by Crippen LogP contribution is -2.30. The molecule has 150 valence electrons. The van der Waals surface area contributed by atoms with Crippen LogP contribution >= 0.6 is 0 Å². The Morgan fingerprint density at radius 1 is 1.29 bits per heavy atom. The van der Waals surface area contributed by atoms with Crippen LogP contribution in [0.3, 0.4) is 0 Å². The van der Waals surface area contributed by atoms with E-state index in [2.05, 4.69) is 10.6 Å². The average Bonchev–Trinajstić information content (AvgIpc) is 2.63. The fourth-order valence-corrected chi connectivity index (χ4v) is 2.91. The highest BCUT2D eigenvalue weighted by Gasteiger charge is 2.17. The van der Waals surface area contributed by atoms with E-state index in [1.165, 1.54) is 6.07 Å². The predicted octanol–water partition coefficient (Wildman–Crippen LogP) is 1.59. The summed E-state index contributed by atoms with van der Waals surface area (Å²) in [6, 6.07) is 7.51. The Bertz CT molecular complexity index is 847. The van der Waals surface area contributed by atoms with Crippen molar-refractivity contribution in [3.63, 3.8) is 0 Å². The van der Waals surface area contributed by atoms with Gasteiger partial charge >= 0.3 is 13.2 Å². The van der Waals surface area contributed by atoms with Crippen LogP contribution in [-0.2, 0) is 11.3 Å². The van der Waals surface area contributed by atoms with E-state index in [1.54, 1.807) is 25.2 Å². The van der Waals surface area contributed by atoms with Crippen molar-refractivity contribution in [2.45, 2.75) is 26.3 Å². The number of halogens is 1. The van der Waals surface area contributed by atoms with Gasteiger partial charge in [0.15, 0.2) is 11.6 Å². The molecule has 0 aliphatic heterocycles. The van der Waals surface area contributed by atoms with Crippen LogP contribution in [0.4, 0.5) is 14.9 Å². The molecule has 0 aliphatic carbocycles. The molecule has 1 unspecified atom stereocenters. The second-order valence-corrected chi connectivity index (χ2v) is 6.61. The molecule has 9 heteroatoms. The Balaban J connectivity index is 1.99. The normalized spacial score (nSPS) is 11.8. The number of carbonyl (C=O) groups excluding carboxylic acids is 1. The number of aromatic hydroxyl groups is 1. The van der Waals surface area contributed by atoms with Gasteiger partial charge in [-0.05, 0) is 36.6 Å². The molecule has 0 aromatic heterocycles. The first-order valence-corrected chi connectivity index (χ1v) is 8.79. The third-order valence-electron chi connectivity index (χ3n) is 4.34. The number of hydrogen-bond donors (Lipinski definition) is 5. The van der Waals surface area contributed by atoms with Crippen LogP contribution in [0.1, 0.15) is 29.5 Å². The second-order valence-electron chi connectivity index (χ2n) is 6.61. The molecule has 5 N–H and O–H groups in total. The fraction of sp³-hybridized carbons (Fsp3) is 0.316. The van der Waals surface area contributed by atoms with Crippen molar-refractivity contribution >= 4 is 24.4 Å². The summed E-state index contributed by atoms with van der Waals surface area (Å²) in [5.41, 5.74) is 2.63. The van der Waals surface area contributed by atoms with Crippen LogP contribution in [0.2, 0.25) is 0 Å². The number of rotatable bonds is 7. The minimum absolute atomic E-state index is 0.0810. The zero-order valence-electron chi connectivity index (χ0n) is 16.0. The monoisotopic (exact) mass is 390 g/mol. The van der Waals surface area contributed by atoms with Crippen molar-refractivity contribution in [1.29, 1.82) is 0 Å². The van der Waals surface area contributed by atoms with Gasteiger partial charge in [-0.1, -0.05) is 25.1 Å². The van der Waals surface area contributed by atoms with Crippen molar-refractivity contribution in [3.8, 4) is 5.75 Å². The highest BCUT2D eigenvalue weighted by Crippen LogP contribution is 2.26. The maximum Gasteiger partial charge on any atom is 0.488 e. The molecule has 0 spiro atoms. The first-order valence-electron chi connectivity index (χ1n) is 8.79. The number of aryl methyl sites for hydroxylation is 1. The number of ether oxygens (including phenoxy) is 1. The lowest BCUT2D eigenvalue weighted by atomic mass is 9.78. The molecule has 0 heterocycles. The summed E-state index contributed by atoms with van der Waals surface area (Å²) in [5, 5.41) is 33.4. The Morgan fingerprint density at radius 3 is 2.61 bits per heavy atom. The Kier molecular flexibility index (Phi) is 7.39. The Labute approximate surface area is 163 Å². The lowest BCUT2D eigenvalue weighted by molar-refractivity contribution is 0.155. The number of anilines is 1. The molecule has 0 fully saturated rings. The molecule has 2 aromatic carbocycles. The number of benzene rings is 2. The lowest BCUT2D eigenvalue weighted by Gasteiger charge is -2.16. The minimum Gasteiger partial charge on any atom is -0.505 e. The molecular formula is C19H24BFN2O5. The molecule has 1 atom stereocenters. The van der Waals surface area contributed by atoms with Crippen LogP contribution in [0.15, 0.2) is 30.3 Å². The van der Waals surface area contributed by atoms with Crippen molar-refractivity contribution in [2.75, 3.05) is 19.0 Å². The molecule has 0 aliphatic rings. The highest BCUT2D eigenvalue weighted by molar-refractivity contribution is 6.58. The van der Waals surface area contributed by atoms with E-state index in [4.69, 9.17) is 4.74 Å². The maximum absolute atomic E-state index is 13.8. The number of phenolic OH excluding ortho intramolecular Hbond substituents is 1. The maximum atomic E-state index is 13.8. The van der Waals surface area contributed by atoms with Gasteiger partial charge in [0.25, 0.3) is 0 Å². The number of nitrogens with one attached hydrogen (secondary N) is 2. The van der Waals surface area contributed by atoms with E-state index in [1.807, 2.05) is 13.8 Å². The summed E-state index contributed by atoms with van der Waals surface area (Å²) in [5.74, 6) is -1.43. The molecule has 1 amide bonds. The van der Waals surface area contributed by atoms with E-state index in [0.29, 0.717) is 11.0 Å². The van der Waals surface area contributed by atoms with E-state index in [0.717, 1.165) is 17.2 Å². The zero-order chi connectivity index (χ0) is 20.8. The van der Waals surface area contributed by atoms with Gasteiger partial charge in [-0.2, -0.15) is 0 Å². The molecular weight excluding hydrogens is 366 g/mol. The van der Waals surface area contributed by atoms with E-state index < -0.39 is 24.8 Å². The average molecular weight is 390 g/mol. The van der Waals surface area contributed by atoms with Crippen LogP contribution in [0, 0.1) is 12.7 Å². The van der Waals surface area contributed by atoms with Gasteiger partial charge in [-0.25, -0.2) is 9.18 Å². The minimum atomic E-state index is -1.54. The summed E-state index contributed by atoms with van der Waals surface area (Å²) in [7, 11) is 0.117. The molecule has 2 aromatic rings. The number of carbonyl (C=O) groups is 1. The topological polar surface area (TPSA) is 111 Å². The summed E-state index contributed by atoms with van der Waals surface area (Å²) in [6.07, 6.45) is -0.743. The van der Waals surface area contributed by atoms with E-state index >= 15 is 0 Å². The summed E-state index contributed by atoms with van der Waals surface area (Å²) < 4.78 is 19.0. The molecule has 0 saturated heterocycles. The van der Waals surface area contributed by atoms with Gasteiger partial charge in [-0.15, -0.1) is 0 Å². The molecule has 28 heavy (non-hydrogen) atoms. The predicted molar refractivity (Wildman–Crippen MR) is 105 cm³/mol. The number of phenols is 1. The van der Waals surface area contributed by atoms with Gasteiger partial charge in [0.1, 0.15) is 0 Å². The van der Waals surface area contributed by atoms with Gasteiger partial charge in [0.2, 0.25) is 0 Å². The molecule has 2 rings (SSSR count). The summed E-state index contributed by atoms with van der Waals surface area (Å²) in [4.78, 5) is 12.0. The SMILES string of the molecule is CNCc1cc(NC(=O)OCC(C)c2ccc(B(O)O)cc2C)cc(F)c1O. The first kappa shape index (κ1) is 21.7. The standard InChI is InChI=1S/C19H24BFN2O5/c1-11-6-14(20(26)27)4-5-16(11)12(2)10-28-19(25)23-15-7-13(9-22-3)18(24)17(21)8-15/h4-8,12,22,24,26-27H,9-10H2,1-3H3,(H,23,25). The molecule has 7 nitrogen and oxygen atoms in total. The van der Waals surface area contributed by atoms with E-state index in [-0.39, 0.29) is 24.8 Å². The third-order valence-corrected chi connectivity index (χ3v) is 4.34. The van der Waals surface area contributed by atoms with Gasteiger partial charge < -0.3 is 25.2 Å². The molecule has 0 bridgehead atoms. The molecule has 0 saturated carbocycles. The summed E-state index contributed by atoms with van der Waals surface area (Å²) in [6.45, 7) is 4.02. The second kappa shape index (κ2) is 9.54. The number of amides is 1. The van der Waals surface area contributed by atoms with Crippen LogP contribution in [0.25, 0.3) is 0 Å². The third kappa shape index (κ3) is 5.45. The number of hydrogen-bond acceptors (Lipinski definition) is 6. The van der Waals surface area contributed by atoms with Gasteiger partial charge in [0.05, 0.1) is 6.61 Å². The van der Waals surface area contributed by atoms with Crippen LogP contribution in [-0.4, -0.2) is 42.0 Å². The largest absolute Gasteiger partial charge is 0.505 e. The van der Waals surface area contributed by atoms with Gasteiger partial charge in [0, 0.05) is 29.8 Å². The van der Waals surface area contributed by atoms with Crippen molar-refractivity contribution < 1.29 is 29.1 Å². The first-order chi connectivity index (χ1) is 13.2.